The van der Waals surface area contributed by atoms with Gasteiger partial charge in [0.05, 0.1) is 5.56 Å². The van der Waals surface area contributed by atoms with Gasteiger partial charge in [-0.25, -0.2) is 0 Å². The summed E-state index contributed by atoms with van der Waals surface area (Å²) in [5.41, 5.74) is 0.487. The van der Waals surface area contributed by atoms with E-state index in [0.717, 1.165) is 24.5 Å². The van der Waals surface area contributed by atoms with Gasteiger partial charge in [0.2, 0.25) is 0 Å². The molecule has 0 bridgehead atoms. The Morgan fingerprint density at radius 1 is 1.12 bits per heavy atom. The standard InChI is InChI=1S/C20H20F3NO2/c1-14-6-10-17(11-7-14)26-13-19(25)24(16-8-9-16)12-15-4-2-3-5-18(15)20(21,22)23/h2-7,10-11,16H,8-9,12-13H2,1H3. The first kappa shape index (κ1) is 18.3. The van der Waals surface area contributed by atoms with Crippen molar-refractivity contribution in [2.75, 3.05) is 6.61 Å². The number of ether oxygens (including phenoxy) is 1. The van der Waals surface area contributed by atoms with Crippen molar-refractivity contribution in [1.82, 2.24) is 4.90 Å². The first-order valence-electron chi connectivity index (χ1n) is 8.48. The fraction of sp³-hybridized carbons (Fsp3) is 0.350. The van der Waals surface area contributed by atoms with Crippen LogP contribution in [-0.4, -0.2) is 23.5 Å². The summed E-state index contributed by atoms with van der Waals surface area (Å²) in [5, 5.41) is 0. The predicted octanol–water partition coefficient (Wildman–Crippen LogP) is 4.58. The first-order valence-corrected chi connectivity index (χ1v) is 8.48. The van der Waals surface area contributed by atoms with Crippen LogP contribution in [0.15, 0.2) is 48.5 Å². The fourth-order valence-corrected chi connectivity index (χ4v) is 2.79. The molecule has 1 amide bonds. The zero-order valence-electron chi connectivity index (χ0n) is 14.4. The Kier molecular flexibility index (Phi) is 5.20. The number of benzene rings is 2. The molecular formula is C20H20F3NO2. The molecule has 1 fully saturated rings. The number of hydrogen-bond donors (Lipinski definition) is 0. The van der Waals surface area contributed by atoms with Crippen molar-refractivity contribution < 1.29 is 22.7 Å². The zero-order chi connectivity index (χ0) is 18.7. The summed E-state index contributed by atoms with van der Waals surface area (Å²) >= 11 is 0. The molecule has 3 rings (SSSR count). The lowest BCUT2D eigenvalue weighted by Gasteiger charge is -2.24. The highest BCUT2D eigenvalue weighted by Crippen LogP contribution is 2.34. The van der Waals surface area contributed by atoms with Crippen molar-refractivity contribution in [2.45, 2.75) is 38.5 Å². The number of rotatable bonds is 6. The van der Waals surface area contributed by atoms with Crippen molar-refractivity contribution in [2.24, 2.45) is 0 Å². The second-order valence-electron chi connectivity index (χ2n) is 6.51. The van der Waals surface area contributed by atoms with Crippen LogP contribution < -0.4 is 4.74 Å². The van der Waals surface area contributed by atoms with Crippen LogP contribution in [0.25, 0.3) is 0 Å². The average molecular weight is 363 g/mol. The van der Waals surface area contributed by atoms with E-state index in [1.54, 1.807) is 18.2 Å². The van der Waals surface area contributed by atoms with Gasteiger partial charge in [0, 0.05) is 12.6 Å². The van der Waals surface area contributed by atoms with Gasteiger partial charge in [0.25, 0.3) is 5.91 Å². The lowest BCUT2D eigenvalue weighted by Crippen LogP contribution is -2.36. The number of aryl methyl sites for hydroxylation is 1. The SMILES string of the molecule is Cc1ccc(OCC(=O)N(Cc2ccccc2C(F)(F)F)C2CC2)cc1. The predicted molar refractivity (Wildman–Crippen MR) is 91.7 cm³/mol. The fourth-order valence-electron chi connectivity index (χ4n) is 2.79. The van der Waals surface area contributed by atoms with Crippen LogP contribution in [0.3, 0.4) is 0 Å². The molecule has 138 valence electrons. The molecule has 1 aliphatic carbocycles. The maximum Gasteiger partial charge on any atom is 0.416 e. The molecule has 26 heavy (non-hydrogen) atoms. The van der Waals surface area contributed by atoms with Crippen molar-refractivity contribution in [1.29, 1.82) is 0 Å². The molecule has 0 radical (unpaired) electrons. The first-order chi connectivity index (χ1) is 12.3. The number of carbonyl (C=O) groups is 1. The van der Waals surface area contributed by atoms with Gasteiger partial charge in [-0.2, -0.15) is 13.2 Å². The van der Waals surface area contributed by atoms with E-state index >= 15 is 0 Å². The number of nitrogens with zero attached hydrogens (tertiary/aromatic N) is 1. The highest BCUT2D eigenvalue weighted by molar-refractivity contribution is 5.78. The topological polar surface area (TPSA) is 29.5 Å². The van der Waals surface area contributed by atoms with E-state index < -0.39 is 11.7 Å². The van der Waals surface area contributed by atoms with Crippen LogP contribution in [0.2, 0.25) is 0 Å². The lowest BCUT2D eigenvalue weighted by atomic mass is 10.1. The van der Waals surface area contributed by atoms with Gasteiger partial charge in [-0.1, -0.05) is 35.9 Å². The Morgan fingerprint density at radius 3 is 2.38 bits per heavy atom. The molecule has 0 N–H and O–H groups in total. The van der Waals surface area contributed by atoms with Gasteiger partial charge in [-0.3, -0.25) is 4.79 Å². The summed E-state index contributed by atoms with van der Waals surface area (Å²) in [6.07, 6.45) is -2.82. The third-order valence-corrected chi connectivity index (χ3v) is 4.35. The summed E-state index contributed by atoms with van der Waals surface area (Å²) < 4.78 is 45.1. The molecule has 3 nitrogen and oxygen atoms in total. The van der Waals surface area contributed by atoms with Gasteiger partial charge in [0.1, 0.15) is 5.75 Å². The number of carbonyl (C=O) groups excluding carboxylic acids is 1. The molecule has 0 heterocycles. The van der Waals surface area contributed by atoms with Crippen molar-refractivity contribution >= 4 is 5.91 Å². The van der Waals surface area contributed by atoms with E-state index in [-0.39, 0.29) is 30.7 Å². The lowest BCUT2D eigenvalue weighted by molar-refractivity contribution is -0.140. The summed E-state index contributed by atoms with van der Waals surface area (Å²) in [4.78, 5) is 14.0. The molecule has 2 aromatic carbocycles. The Morgan fingerprint density at radius 2 is 1.77 bits per heavy atom. The van der Waals surface area contributed by atoms with Crippen molar-refractivity contribution in [3.05, 3.63) is 65.2 Å². The average Bonchev–Trinajstić information content (AvgIpc) is 3.43. The quantitative estimate of drug-likeness (QED) is 0.752. The summed E-state index contributed by atoms with van der Waals surface area (Å²) in [6, 6.07) is 12.7. The normalized spacial score (nSPS) is 14.2. The minimum atomic E-state index is -4.44. The highest BCUT2D eigenvalue weighted by atomic mass is 19.4. The maximum absolute atomic E-state index is 13.2. The summed E-state index contributed by atoms with van der Waals surface area (Å²) in [6.45, 7) is 1.70. The van der Waals surface area contributed by atoms with Gasteiger partial charge in [-0.05, 0) is 43.5 Å². The van der Waals surface area contributed by atoms with E-state index in [4.69, 9.17) is 4.74 Å². The Hall–Kier alpha value is -2.50. The molecule has 0 aromatic heterocycles. The molecule has 0 atom stereocenters. The molecule has 0 saturated heterocycles. The molecular weight excluding hydrogens is 343 g/mol. The molecule has 0 spiro atoms. The number of amides is 1. The molecule has 0 unspecified atom stereocenters. The molecule has 1 saturated carbocycles. The Bertz CT molecular complexity index is 767. The highest BCUT2D eigenvalue weighted by Gasteiger charge is 2.37. The van der Waals surface area contributed by atoms with Crippen molar-refractivity contribution in [3.63, 3.8) is 0 Å². The van der Waals surface area contributed by atoms with E-state index in [1.807, 2.05) is 19.1 Å². The maximum atomic E-state index is 13.2. The van der Waals surface area contributed by atoms with E-state index in [1.165, 1.54) is 17.0 Å². The van der Waals surface area contributed by atoms with E-state index in [2.05, 4.69) is 0 Å². The van der Waals surface area contributed by atoms with Gasteiger partial charge < -0.3 is 9.64 Å². The van der Waals surface area contributed by atoms with Crippen LogP contribution >= 0.6 is 0 Å². The van der Waals surface area contributed by atoms with E-state index in [9.17, 15) is 18.0 Å². The van der Waals surface area contributed by atoms with Gasteiger partial charge >= 0.3 is 6.18 Å². The number of hydrogen-bond acceptors (Lipinski definition) is 2. The largest absolute Gasteiger partial charge is 0.484 e. The Labute approximate surface area is 150 Å². The molecule has 1 aliphatic rings. The minimum absolute atomic E-state index is 0.00888. The monoisotopic (exact) mass is 363 g/mol. The number of halogens is 3. The molecule has 6 heteroatoms. The smallest absolute Gasteiger partial charge is 0.416 e. The molecule has 2 aromatic rings. The number of alkyl halides is 3. The van der Waals surface area contributed by atoms with Crippen LogP contribution in [0.4, 0.5) is 13.2 Å². The zero-order valence-corrected chi connectivity index (χ0v) is 14.4. The van der Waals surface area contributed by atoms with Gasteiger partial charge in [0.15, 0.2) is 6.61 Å². The summed E-state index contributed by atoms with van der Waals surface area (Å²) in [7, 11) is 0. The second-order valence-corrected chi connectivity index (χ2v) is 6.51. The van der Waals surface area contributed by atoms with Gasteiger partial charge in [-0.15, -0.1) is 0 Å². The third-order valence-electron chi connectivity index (χ3n) is 4.35. The van der Waals surface area contributed by atoms with Crippen LogP contribution in [0, 0.1) is 6.92 Å². The van der Waals surface area contributed by atoms with E-state index in [0.29, 0.717) is 5.75 Å². The Balaban J connectivity index is 1.70. The van der Waals surface area contributed by atoms with Crippen molar-refractivity contribution in [3.8, 4) is 5.75 Å². The van der Waals surface area contributed by atoms with Crippen LogP contribution in [0.5, 0.6) is 5.75 Å². The van der Waals surface area contributed by atoms with Crippen LogP contribution in [0.1, 0.15) is 29.5 Å². The third kappa shape index (κ3) is 4.56. The minimum Gasteiger partial charge on any atom is -0.484 e. The second kappa shape index (κ2) is 7.40. The van der Waals surface area contributed by atoms with Crippen LogP contribution in [-0.2, 0) is 17.5 Å². The summed E-state index contributed by atoms with van der Waals surface area (Å²) in [5.74, 6) is 0.264. The molecule has 0 aliphatic heterocycles.